The van der Waals surface area contributed by atoms with Crippen molar-refractivity contribution in [2.45, 2.75) is 118 Å². The summed E-state index contributed by atoms with van der Waals surface area (Å²) in [5, 5.41) is 0. The molecule has 0 heterocycles. The zero-order valence-corrected chi connectivity index (χ0v) is 22.0. The van der Waals surface area contributed by atoms with Gasteiger partial charge in [0.25, 0.3) is 0 Å². The van der Waals surface area contributed by atoms with Crippen molar-refractivity contribution in [1.82, 2.24) is 0 Å². The smallest absolute Gasteiger partial charge is 0.314 e. The van der Waals surface area contributed by atoms with Gasteiger partial charge in [0.1, 0.15) is 5.75 Å². The van der Waals surface area contributed by atoms with Crippen molar-refractivity contribution in [1.29, 1.82) is 0 Å². The highest BCUT2D eigenvalue weighted by Gasteiger charge is 2.26. The Hall–Kier alpha value is -1.31. The number of carbonyl (C=O) groups is 1. The summed E-state index contributed by atoms with van der Waals surface area (Å²) in [6.07, 6.45) is 19.5. The summed E-state index contributed by atoms with van der Waals surface area (Å²) >= 11 is 0. The fourth-order valence-corrected chi connectivity index (χ4v) is 6.01. The average Bonchev–Trinajstić information content (AvgIpc) is 2.82. The molecular formula is C31H50O2. The molecule has 4 rings (SSSR count). The van der Waals surface area contributed by atoms with E-state index in [1.165, 1.54) is 56.9 Å². The Morgan fingerprint density at radius 2 is 1.06 bits per heavy atom. The van der Waals surface area contributed by atoms with Gasteiger partial charge < -0.3 is 4.74 Å². The SMILES string of the molecule is CC1CCC(CCC2CCC(C)CC2)CC1.Cc1ccc(OC(=O)C2CCC(C)CC2)cc1. The maximum atomic E-state index is 11.9. The molecule has 0 aliphatic heterocycles. The van der Waals surface area contributed by atoms with E-state index in [4.69, 9.17) is 4.74 Å². The van der Waals surface area contributed by atoms with Crippen LogP contribution in [0.15, 0.2) is 24.3 Å². The molecule has 0 atom stereocenters. The highest BCUT2D eigenvalue weighted by Crippen LogP contribution is 2.36. The van der Waals surface area contributed by atoms with Crippen LogP contribution in [0.3, 0.4) is 0 Å². The molecule has 2 heteroatoms. The van der Waals surface area contributed by atoms with E-state index in [1.54, 1.807) is 12.8 Å². The first-order chi connectivity index (χ1) is 15.9. The normalized spacial score (nSPS) is 32.4. The van der Waals surface area contributed by atoms with Gasteiger partial charge in [0.15, 0.2) is 0 Å². The summed E-state index contributed by atoms with van der Waals surface area (Å²) in [7, 11) is 0. The Bertz CT molecular complexity index is 647. The molecule has 0 bridgehead atoms. The second-order valence-corrected chi connectivity index (χ2v) is 12.0. The van der Waals surface area contributed by atoms with E-state index < -0.39 is 0 Å². The average molecular weight is 455 g/mol. The van der Waals surface area contributed by atoms with Crippen LogP contribution >= 0.6 is 0 Å². The minimum absolute atomic E-state index is 0.0549. The molecule has 186 valence electrons. The second kappa shape index (κ2) is 13.5. The number of benzene rings is 1. The predicted molar refractivity (Wildman–Crippen MR) is 139 cm³/mol. The largest absolute Gasteiger partial charge is 0.426 e. The fourth-order valence-electron chi connectivity index (χ4n) is 6.01. The van der Waals surface area contributed by atoms with Gasteiger partial charge in [-0.15, -0.1) is 0 Å². The number of rotatable bonds is 5. The molecule has 3 aliphatic rings. The van der Waals surface area contributed by atoms with E-state index in [0.29, 0.717) is 5.75 Å². The minimum atomic E-state index is -0.0549. The first kappa shape index (κ1) is 26.3. The number of hydrogen-bond donors (Lipinski definition) is 0. The summed E-state index contributed by atoms with van der Waals surface area (Å²) < 4.78 is 5.41. The van der Waals surface area contributed by atoms with Gasteiger partial charge >= 0.3 is 5.97 Å². The van der Waals surface area contributed by atoms with Crippen LogP contribution < -0.4 is 4.74 Å². The summed E-state index contributed by atoms with van der Waals surface area (Å²) in [4.78, 5) is 11.9. The van der Waals surface area contributed by atoms with Crippen molar-refractivity contribution in [3.05, 3.63) is 29.8 Å². The standard InChI is InChI=1S/C16H30.C15H20O2/c1-13-3-7-15(8-4-13)11-12-16-9-5-14(2)6-10-16;1-11-3-7-13(8-4-11)15(16)17-14-9-5-12(2)6-10-14/h13-16H,3-12H2,1-2H3;5-6,9-11,13H,3-4,7-8H2,1-2H3. The second-order valence-electron chi connectivity index (χ2n) is 12.0. The van der Waals surface area contributed by atoms with E-state index in [2.05, 4.69) is 20.8 Å². The Morgan fingerprint density at radius 1 is 0.667 bits per heavy atom. The van der Waals surface area contributed by atoms with Gasteiger partial charge in [-0.2, -0.15) is 0 Å². The molecule has 1 aromatic carbocycles. The van der Waals surface area contributed by atoms with E-state index in [9.17, 15) is 4.79 Å². The third-order valence-electron chi connectivity index (χ3n) is 8.84. The molecule has 0 saturated heterocycles. The lowest BCUT2D eigenvalue weighted by atomic mass is 9.76. The number of ether oxygens (including phenoxy) is 1. The van der Waals surface area contributed by atoms with Crippen LogP contribution in [0.4, 0.5) is 0 Å². The molecule has 0 N–H and O–H groups in total. The lowest BCUT2D eigenvalue weighted by Crippen LogP contribution is -2.24. The van der Waals surface area contributed by atoms with Crippen LogP contribution in [0, 0.1) is 42.4 Å². The number of hydrogen-bond acceptors (Lipinski definition) is 2. The van der Waals surface area contributed by atoms with E-state index >= 15 is 0 Å². The van der Waals surface area contributed by atoms with Crippen LogP contribution in [0.2, 0.25) is 0 Å². The topological polar surface area (TPSA) is 26.3 Å². The molecule has 0 radical (unpaired) electrons. The van der Waals surface area contributed by atoms with Gasteiger partial charge in [-0.05, 0) is 74.3 Å². The van der Waals surface area contributed by atoms with Crippen LogP contribution in [0.25, 0.3) is 0 Å². The summed E-state index contributed by atoms with van der Waals surface area (Å²) in [6.45, 7) is 9.13. The van der Waals surface area contributed by atoms with Crippen LogP contribution in [0.5, 0.6) is 5.75 Å². The lowest BCUT2D eigenvalue weighted by Gasteiger charge is -2.30. The van der Waals surface area contributed by atoms with Gasteiger partial charge in [0.2, 0.25) is 0 Å². The maximum absolute atomic E-state index is 11.9. The molecule has 0 aromatic heterocycles. The first-order valence-corrected chi connectivity index (χ1v) is 14.2. The van der Waals surface area contributed by atoms with Gasteiger partial charge in [0, 0.05) is 0 Å². The van der Waals surface area contributed by atoms with Crippen molar-refractivity contribution in [3.63, 3.8) is 0 Å². The highest BCUT2D eigenvalue weighted by atomic mass is 16.5. The van der Waals surface area contributed by atoms with Gasteiger partial charge in [-0.1, -0.05) is 103 Å². The van der Waals surface area contributed by atoms with Crippen molar-refractivity contribution in [2.24, 2.45) is 35.5 Å². The van der Waals surface area contributed by atoms with Gasteiger partial charge in [-0.25, -0.2) is 0 Å². The minimum Gasteiger partial charge on any atom is -0.426 e. The zero-order chi connectivity index (χ0) is 23.6. The Balaban J connectivity index is 0.000000186. The first-order valence-electron chi connectivity index (χ1n) is 14.2. The monoisotopic (exact) mass is 454 g/mol. The molecule has 3 saturated carbocycles. The molecule has 2 nitrogen and oxygen atoms in total. The fraction of sp³-hybridized carbons (Fsp3) is 0.774. The van der Waals surface area contributed by atoms with Crippen LogP contribution in [-0.2, 0) is 4.79 Å². The molecule has 0 spiro atoms. The summed E-state index contributed by atoms with van der Waals surface area (Å²) in [5.41, 5.74) is 1.18. The Morgan fingerprint density at radius 3 is 1.48 bits per heavy atom. The lowest BCUT2D eigenvalue weighted by molar-refractivity contribution is -0.140. The van der Waals surface area contributed by atoms with Gasteiger partial charge in [0.05, 0.1) is 5.92 Å². The predicted octanol–water partition coefficient (Wildman–Crippen LogP) is 9.15. The third-order valence-corrected chi connectivity index (χ3v) is 8.84. The molecule has 0 unspecified atom stereocenters. The summed E-state index contributed by atoms with van der Waals surface area (Å²) in [5.74, 6) is 5.70. The van der Waals surface area contributed by atoms with E-state index in [1.807, 2.05) is 31.2 Å². The van der Waals surface area contributed by atoms with E-state index in [-0.39, 0.29) is 11.9 Å². The highest BCUT2D eigenvalue weighted by molar-refractivity contribution is 5.75. The van der Waals surface area contributed by atoms with Crippen LogP contribution in [-0.4, -0.2) is 5.97 Å². The molecule has 1 aromatic rings. The van der Waals surface area contributed by atoms with E-state index in [0.717, 1.165) is 55.3 Å². The summed E-state index contributed by atoms with van der Waals surface area (Å²) in [6, 6.07) is 7.65. The molecule has 3 fully saturated rings. The molecule has 0 amide bonds. The molecular weight excluding hydrogens is 404 g/mol. The van der Waals surface area contributed by atoms with Crippen molar-refractivity contribution < 1.29 is 9.53 Å². The Labute approximate surface area is 204 Å². The van der Waals surface area contributed by atoms with Crippen molar-refractivity contribution >= 4 is 5.97 Å². The maximum Gasteiger partial charge on any atom is 0.314 e. The Kier molecular flexibility index (Phi) is 10.8. The number of carbonyl (C=O) groups excluding carboxylic acids is 1. The molecule has 3 aliphatic carbocycles. The van der Waals surface area contributed by atoms with Crippen LogP contribution in [0.1, 0.15) is 116 Å². The number of aryl methyl sites for hydroxylation is 1. The van der Waals surface area contributed by atoms with Gasteiger partial charge in [-0.3, -0.25) is 4.79 Å². The van der Waals surface area contributed by atoms with Crippen molar-refractivity contribution in [3.8, 4) is 5.75 Å². The molecule has 33 heavy (non-hydrogen) atoms. The quantitative estimate of drug-likeness (QED) is 0.327. The third kappa shape index (κ3) is 9.45. The number of esters is 1. The van der Waals surface area contributed by atoms with Crippen molar-refractivity contribution in [2.75, 3.05) is 0 Å². The zero-order valence-electron chi connectivity index (χ0n) is 22.0.